The monoisotopic (exact) mass is 415 g/mol. The van der Waals surface area contributed by atoms with E-state index in [1.54, 1.807) is 23.5 Å². The van der Waals surface area contributed by atoms with Crippen molar-refractivity contribution in [2.24, 2.45) is 5.92 Å². The summed E-state index contributed by atoms with van der Waals surface area (Å²) in [7, 11) is 0. The van der Waals surface area contributed by atoms with Gasteiger partial charge in [-0.05, 0) is 63.1 Å². The Morgan fingerprint density at radius 1 is 1.11 bits per heavy atom. The third kappa shape index (κ3) is 3.91. The smallest absolute Gasteiger partial charge is 0.229 e. The largest absolute Gasteiger partial charge is 0.346 e. The zero-order chi connectivity index (χ0) is 19.7. The zero-order valence-electron chi connectivity index (χ0n) is 15.9. The van der Waals surface area contributed by atoms with Crippen LogP contribution in [-0.4, -0.2) is 33.8 Å². The van der Waals surface area contributed by atoms with Gasteiger partial charge in [-0.3, -0.25) is 9.36 Å². The van der Waals surface area contributed by atoms with Crippen LogP contribution >= 0.6 is 22.9 Å². The molecule has 1 saturated heterocycles. The minimum absolute atomic E-state index is 0.0360. The van der Waals surface area contributed by atoms with Gasteiger partial charge in [-0.15, -0.1) is 10.2 Å². The molecule has 6 nitrogen and oxygen atoms in total. The predicted octanol–water partition coefficient (Wildman–Crippen LogP) is 4.45. The van der Waals surface area contributed by atoms with Gasteiger partial charge in [-0.1, -0.05) is 22.9 Å². The number of hydrogen-bond donors (Lipinski definition) is 1. The molecule has 2 aromatic heterocycles. The molecule has 3 heterocycles. The molecule has 0 saturated carbocycles. The van der Waals surface area contributed by atoms with E-state index < -0.39 is 0 Å². The second-order valence-corrected chi connectivity index (χ2v) is 8.47. The number of piperidine rings is 1. The Bertz CT molecular complexity index is 961. The van der Waals surface area contributed by atoms with Gasteiger partial charge in [-0.25, -0.2) is 0 Å². The normalized spacial score (nSPS) is 17.0. The highest BCUT2D eigenvalue weighted by molar-refractivity contribution is 7.17. The molecule has 1 aliphatic rings. The fraction of sp³-hybridized carbons (Fsp3) is 0.350. The molecule has 146 valence electrons. The molecule has 1 atom stereocenters. The average molecular weight is 416 g/mol. The number of anilines is 2. The quantitative estimate of drug-likeness (QED) is 0.683. The first-order valence-electron chi connectivity index (χ1n) is 9.31. The van der Waals surface area contributed by atoms with Gasteiger partial charge in [-0.2, -0.15) is 0 Å². The zero-order valence-corrected chi connectivity index (χ0v) is 17.4. The maximum absolute atomic E-state index is 12.7. The van der Waals surface area contributed by atoms with Crippen molar-refractivity contribution in [2.45, 2.75) is 26.7 Å². The average Bonchev–Trinajstić information content (AvgIpc) is 3.30. The third-order valence-electron chi connectivity index (χ3n) is 5.04. The number of nitrogens with zero attached hydrogens (tertiary/aromatic N) is 4. The van der Waals surface area contributed by atoms with Crippen molar-refractivity contribution in [1.82, 2.24) is 14.8 Å². The fourth-order valence-electron chi connectivity index (χ4n) is 3.54. The van der Waals surface area contributed by atoms with Crippen molar-refractivity contribution in [2.75, 3.05) is 23.3 Å². The van der Waals surface area contributed by atoms with Crippen molar-refractivity contribution in [3.63, 3.8) is 0 Å². The van der Waals surface area contributed by atoms with E-state index in [0.29, 0.717) is 11.6 Å². The first-order valence-corrected chi connectivity index (χ1v) is 10.5. The van der Waals surface area contributed by atoms with Gasteiger partial charge in [0.15, 0.2) is 0 Å². The second-order valence-electron chi connectivity index (χ2n) is 7.10. The molecular weight excluding hydrogens is 394 g/mol. The summed E-state index contributed by atoms with van der Waals surface area (Å²) in [5.41, 5.74) is 3.04. The first-order chi connectivity index (χ1) is 13.5. The summed E-state index contributed by atoms with van der Waals surface area (Å²) in [6, 6.07) is 11.3. The molecule has 0 aliphatic carbocycles. The van der Waals surface area contributed by atoms with Crippen LogP contribution < -0.4 is 10.2 Å². The van der Waals surface area contributed by atoms with E-state index in [4.69, 9.17) is 11.6 Å². The Morgan fingerprint density at radius 3 is 2.50 bits per heavy atom. The maximum Gasteiger partial charge on any atom is 0.229 e. The van der Waals surface area contributed by atoms with Crippen LogP contribution in [0.5, 0.6) is 0 Å². The highest BCUT2D eigenvalue weighted by Crippen LogP contribution is 2.29. The van der Waals surface area contributed by atoms with Gasteiger partial charge >= 0.3 is 0 Å². The number of rotatable bonds is 4. The molecule has 3 aromatic rings. The molecule has 0 bridgehead atoms. The number of aromatic nitrogens is 3. The summed E-state index contributed by atoms with van der Waals surface area (Å²) < 4.78 is 2.11. The van der Waals surface area contributed by atoms with Crippen molar-refractivity contribution in [3.05, 3.63) is 52.8 Å². The van der Waals surface area contributed by atoms with Crippen LogP contribution in [0.25, 0.3) is 5.13 Å². The Hall–Kier alpha value is -2.38. The van der Waals surface area contributed by atoms with Gasteiger partial charge in [0.2, 0.25) is 16.2 Å². The lowest BCUT2D eigenvalue weighted by Crippen LogP contribution is -2.40. The minimum Gasteiger partial charge on any atom is -0.346 e. The lowest BCUT2D eigenvalue weighted by Gasteiger charge is -2.31. The van der Waals surface area contributed by atoms with Crippen molar-refractivity contribution < 1.29 is 4.79 Å². The molecule has 1 N–H and O–H groups in total. The van der Waals surface area contributed by atoms with Gasteiger partial charge in [0.25, 0.3) is 0 Å². The van der Waals surface area contributed by atoms with Crippen LogP contribution in [0.1, 0.15) is 24.2 Å². The number of carbonyl (C=O) groups is 1. The lowest BCUT2D eigenvalue weighted by atomic mass is 9.97. The highest BCUT2D eigenvalue weighted by Gasteiger charge is 2.28. The topological polar surface area (TPSA) is 63.1 Å². The number of benzene rings is 1. The van der Waals surface area contributed by atoms with E-state index in [1.807, 2.05) is 12.1 Å². The number of amides is 1. The van der Waals surface area contributed by atoms with Crippen LogP contribution in [-0.2, 0) is 4.79 Å². The summed E-state index contributed by atoms with van der Waals surface area (Å²) in [6.07, 6.45) is 1.83. The summed E-state index contributed by atoms with van der Waals surface area (Å²) in [4.78, 5) is 14.9. The standard InChI is InChI=1S/C20H22ClN5OS/c1-13-5-6-14(2)26(13)20-24-23-19(28-20)25-11-3-4-15(12-25)18(27)22-17-9-7-16(21)8-10-17/h5-10,15H,3-4,11-12H2,1-2H3,(H,22,27)/t15-/m0/s1. The predicted molar refractivity (Wildman–Crippen MR) is 114 cm³/mol. The van der Waals surface area contributed by atoms with Crippen LogP contribution in [0.2, 0.25) is 5.02 Å². The van der Waals surface area contributed by atoms with Crippen LogP contribution in [0, 0.1) is 19.8 Å². The summed E-state index contributed by atoms with van der Waals surface area (Å²) >= 11 is 7.47. The fourth-order valence-corrected chi connectivity index (χ4v) is 4.67. The van der Waals surface area contributed by atoms with E-state index in [0.717, 1.165) is 46.7 Å². The van der Waals surface area contributed by atoms with Crippen LogP contribution in [0.3, 0.4) is 0 Å². The van der Waals surface area contributed by atoms with Crippen molar-refractivity contribution in [1.29, 1.82) is 0 Å². The third-order valence-corrected chi connectivity index (χ3v) is 6.26. The molecule has 4 rings (SSSR count). The second kappa shape index (κ2) is 7.93. The molecule has 1 aliphatic heterocycles. The van der Waals surface area contributed by atoms with E-state index in [9.17, 15) is 4.79 Å². The number of nitrogens with one attached hydrogen (secondary N) is 1. The Morgan fingerprint density at radius 2 is 1.79 bits per heavy atom. The van der Waals surface area contributed by atoms with Gasteiger partial charge in [0.1, 0.15) is 0 Å². The van der Waals surface area contributed by atoms with Crippen LogP contribution in [0.15, 0.2) is 36.4 Å². The van der Waals surface area contributed by atoms with E-state index >= 15 is 0 Å². The molecule has 1 amide bonds. The minimum atomic E-state index is -0.0770. The van der Waals surface area contributed by atoms with Crippen molar-refractivity contribution >= 4 is 39.7 Å². The van der Waals surface area contributed by atoms with Gasteiger partial charge < -0.3 is 10.2 Å². The van der Waals surface area contributed by atoms with E-state index in [-0.39, 0.29) is 11.8 Å². The summed E-state index contributed by atoms with van der Waals surface area (Å²) in [5, 5.41) is 14.1. The SMILES string of the molecule is Cc1ccc(C)n1-c1nnc(N2CCC[C@H](C(=O)Nc3ccc(Cl)cc3)C2)s1. The van der Waals surface area contributed by atoms with Crippen molar-refractivity contribution in [3.8, 4) is 5.13 Å². The Kier molecular flexibility index (Phi) is 5.37. The van der Waals surface area contributed by atoms with E-state index in [2.05, 4.69) is 51.0 Å². The van der Waals surface area contributed by atoms with E-state index in [1.165, 1.54) is 0 Å². The van der Waals surface area contributed by atoms with Crippen LogP contribution in [0.4, 0.5) is 10.8 Å². The first kappa shape index (κ1) is 19.0. The highest BCUT2D eigenvalue weighted by atomic mass is 35.5. The lowest BCUT2D eigenvalue weighted by molar-refractivity contribution is -0.120. The Labute approximate surface area is 173 Å². The molecule has 0 unspecified atom stereocenters. The van der Waals surface area contributed by atoms with Gasteiger partial charge in [0, 0.05) is 35.2 Å². The molecule has 1 fully saturated rings. The number of carbonyl (C=O) groups excluding carboxylic acids is 1. The molecule has 0 spiro atoms. The number of aryl methyl sites for hydroxylation is 2. The molecule has 8 heteroatoms. The summed E-state index contributed by atoms with van der Waals surface area (Å²) in [5.74, 6) is -0.0410. The van der Waals surface area contributed by atoms with Gasteiger partial charge in [0.05, 0.1) is 5.92 Å². The summed E-state index contributed by atoms with van der Waals surface area (Å²) in [6.45, 7) is 5.67. The number of hydrogen-bond acceptors (Lipinski definition) is 5. The molecule has 1 aromatic carbocycles. The number of halogens is 1. The molecule has 28 heavy (non-hydrogen) atoms. The molecule has 0 radical (unpaired) electrons. The maximum atomic E-state index is 12.7. The molecular formula is C20H22ClN5OS. The Balaban J connectivity index is 1.45.